The van der Waals surface area contributed by atoms with Crippen LogP contribution in [0.15, 0.2) is 48.5 Å². The summed E-state index contributed by atoms with van der Waals surface area (Å²) >= 11 is 0. The SMILES string of the molecule is O=C(Nc1ccc(OCC2CCCO2)cc1)C1CC1c1ccc(C(F)(F)F)cc1. The van der Waals surface area contributed by atoms with Crippen molar-refractivity contribution in [3.8, 4) is 5.75 Å². The van der Waals surface area contributed by atoms with Gasteiger partial charge >= 0.3 is 6.18 Å². The van der Waals surface area contributed by atoms with Gasteiger partial charge in [0, 0.05) is 18.2 Å². The summed E-state index contributed by atoms with van der Waals surface area (Å²) in [6.45, 7) is 1.30. The molecule has 2 fully saturated rings. The van der Waals surface area contributed by atoms with E-state index in [1.807, 2.05) is 0 Å². The van der Waals surface area contributed by atoms with Crippen LogP contribution < -0.4 is 10.1 Å². The average molecular weight is 405 g/mol. The van der Waals surface area contributed by atoms with Crippen LogP contribution in [-0.2, 0) is 15.7 Å². The van der Waals surface area contributed by atoms with Gasteiger partial charge in [0.1, 0.15) is 12.4 Å². The Morgan fingerprint density at radius 3 is 2.45 bits per heavy atom. The topological polar surface area (TPSA) is 47.6 Å². The molecule has 2 aromatic carbocycles. The van der Waals surface area contributed by atoms with Gasteiger partial charge < -0.3 is 14.8 Å². The molecule has 2 aromatic rings. The predicted octanol–water partition coefficient (Wildman–Crippen LogP) is 5.01. The van der Waals surface area contributed by atoms with Gasteiger partial charge in [-0.25, -0.2) is 0 Å². The van der Waals surface area contributed by atoms with Crippen molar-refractivity contribution < 1.29 is 27.4 Å². The Hall–Kier alpha value is -2.54. The lowest BCUT2D eigenvalue weighted by atomic mass is 10.1. The summed E-state index contributed by atoms with van der Waals surface area (Å²) in [4.78, 5) is 12.4. The largest absolute Gasteiger partial charge is 0.491 e. The van der Waals surface area contributed by atoms with Crippen molar-refractivity contribution in [3.05, 3.63) is 59.7 Å². The Morgan fingerprint density at radius 2 is 1.83 bits per heavy atom. The zero-order chi connectivity index (χ0) is 20.4. The first kappa shape index (κ1) is 19.8. The number of hydrogen-bond acceptors (Lipinski definition) is 3. The second kappa shape index (κ2) is 8.06. The minimum Gasteiger partial charge on any atom is -0.491 e. The smallest absolute Gasteiger partial charge is 0.416 e. The molecule has 3 atom stereocenters. The molecule has 4 rings (SSSR count). The Balaban J connectivity index is 1.27. The molecule has 3 unspecified atom stereocenters. The summed E-state index contributed by atoms with van der Waals surface area (Å²) in [5.41, 5.74) is 0.748. The number of carbonyl (C=O) groups is 1. The first-order valence-electron chi connectivity index (χ1n) is 9.72. The lowest BCUT2D eigenvalue weighted by molar-refractivity contribution is -0.137. The third-order valence-corrected chi connectivity index (χ3v) is 5.38. The van der Waals surface area contributed by atoms with E-state index in [-0.39, 0.29) is 23.8 Å². The number of hydrogen-bond donors (Lipinski definition) is 1. The van der Waals surface area contributed by atoms with E-state index in [1.165, 1.54) is 12.1 Å². The molecule has 1 aliphatic heterocycles. The van der Waals surface area contributed by atoms with Crippen LogP contribution in [0.25, 0.3) is 0 Å². The molecule has 0 bridgehead atoms. The molecule has 0 aromatic heterocycles. The maximum absolute atomic E-state index is 12.7. The second-order valence-corrected chi connectivity index (χ2v) is 7.53. The van der Waals surface area contributed by atoms with Gasteiger partial charge in [0.15, 0.2) is 0 Å². The summed E-state index contributed by atoms with van der Waals surface area (Å²) in [5.74, 6) is 0.337. The van der Waals surface area contributed by atoms with Crippen molar-refractivity contribution >= 4 is 11.6 Å². The quantitative estimate of drug-likeness (QED) is 0.735. The van der Waals surface area contributed by atoms with Crippen molar-refractivity contribution in [1.29, 1.82) is 0 Å². The van der Waals surface area contributed by atoms with Gasteiger partial charge in [-0.2, -0.15) is 13.2 Å². The van der Waals surface area contributed by atoms with Crippen molar-refractivity contribution in [2.45, 2.75) is 37.5 Å². The molecule has 2 aliphatic rings. The fourth-order valence-electron chi connectivity index (χ4n) is 3.61. The number of benzene rings is 2. The first-order valence-corrected chi connectivity index (χ1v) is 9.72. The van der Waals surface area contributed by atoms with Crippen LogP contribution in [0, 0.1) is 5.92 Å². The van der Waals surface area contributed by atoms with Gasteiger partial charge in [-0.1, -0.05) is 12.1 Å². The third kappa shape index (κ3) is 4.90. The summed E-state index contributed by atoms with van der Waals surface area (Å²) in [6, 6.07) is 12.2. The van der Waals surface area contributed by atoms with Crippen molar-refractivity contribution in [2.24, 2.45) is 5.92 Å². The fraction of sp³-hybridized carbons (Fsp3) is 0.409. The van der Waals surface area contributed by atoms with Crippen molar-refractivity contribution in [2.75, 3.05) is 18.5 Å². The van der Waals surface area contributed by atoms with Crippen molar-refractivity contribution in [1.82, 2.24) is 0 Å². The number of ether oxygens (including phenoxy) is 2. The van der Waals surface area contributed by atoms with Gasteiger partial charge in [0.25, 0.3) is 0 Å². The van der Waals surface area contributed by atoms with Gasteiger partial charge in [0.05, 0.1) is 11.7 Å². The van der Waals surface area contributed by atoms with Gasteiger partial charge in [0.2, 0.25) is 5.91 Å². The molecule has 0 radical (unpaired) electrons. The highest BCUT2D eigenvalue weighted by molar-refractivity contribution is 5.95. The molecule has 1 N–H and O–H groups in total. The molecule has 1 saturated heterocycles. The Labute approximate surface area is 167 Å². The van der Waals surface area contributed by atoms with E-state index in [0.29, 0.717) is 24.5 Å². The van der Waals surface area contributed by atoms with Crippen LogP contribution in [0.2, 0.25) is 0 Å². The van der Waals surface area contributed by atoms with E-state index in [2.05, 4.69) is 5.32 Å². The maximum Gasteiger partial charge on any atom is 0.416 e. The highest BCUT2D eigenvalue weighted by Gasteiger charge is 2.44. The maximum atomic E-state index is 12.7. The standard InChI is InChI=1S/C22H22F3NO3/c23-22(24,25)15-5-3-14(4-6-15)19-12-20(19)21(27)26-16-7-9-17(10-8-16)29-13-18-2-1-11-28-18/h3-10,18-20H,1-2,11-13H2,(H,26,27). The third-order valence-electron chi connectivity index (χ3n) is 5.38. The molecule has 29 heavy (non-hydrogen) atoms. The van der Waals surface area contributed by atoms with E-state index < -0.39 is 11.7 Å². The molecule has 1 amide bonds. The second-order valence-electron chi connectivity index (χ2n) is 7.53. The first-order chi connectivity index (χ1) is 13.9. The van der Waals surface area contributed by atoms with Gasteiger partial charge in [-0.3, -0.25) is 4.79 Å². The Morgan fingerprint density at radius 1 is 1.10 bits per heavy atom. The summed E-state index contributed by atoms with van der Waals surface area (Å²) in [6.07, 6.45) is -1.49. The molecule has 4 nitrogen and oxygen atoms in total. The Bertz CT molecular complexity index is 843. The molecule has 154 valence electrons. The van der Waals surface area contributed by atoms with Crippen molar-refractivity contribution in [3.63, 3.8) is 0 Å². The highest BCUT2D eigenvalue weighted by atomic mass is 19.4. The fourth-order valence-corrected chi connectivity index (χ4v) is 3.61. The van der Waals surface area contributed by atoms with E-state index >= 15 is 0 Å². The lowest BCUT2D eigenvalue weighted by Crippen LogP contribution is -2.16. The van der Waals surface area contributed by atoms with Gasteiger partial charge in [-0.05, 0) is 67.1 Å². The number of alkyl halides is 3. The van der Waals surface area contributed by atoms with Gasteiger partial charge in [-0.15, -0.1) is 0 Å². The molecule has 0 spiro atoms. The summed E-state index contributed by atoms with van der Waals surface area (Å²) < 4.78 is 49.2. The molecular weight excluding hydrogens is 383 g/mol. The van der Waals surface area contributed by atoms with E-state index in [0.717, 1.165) is 37.1 Å². The molecule has 1 saturated carbocycles. The van der Waals surface area contributed by atoms with Crippen LogP contribution in [-0.4, -0.2) is 25.2 Å². The molecule has 1 heterocycles. The van der Waals surface area contributed by atoms with E-state index in [4.69, 9.17) is 9.47 Å². The van der Waals surface area contributed by atoms with Crippen LogP contribution in [0.1, 0.15) is 36.3 Å². The number of halogens is 3. The number of nitrogens with one attached hydrogen (secondary N) is 1. The summed E-state index contributed by atoms with van der Waals surface area (Å²) in [7, 11) is 0. The minimum atomic E-state index is -4.35. The predicted molar refractivity (Wildman–Crippen MR) is 102 cm³/mol. The minimum absolute atomic E-state index is 0.0358. The summed E-state index contributed by atoms with van der Waals surface area (Å²) in [5, 5.41) is 2.86. The van der Waals surface area contributed by atoms with Crippen LogP contribution in [0.5, 0.6) is 5.75 Å². The number of amides is 1. The van der Waals surface area contributed by atoms with E-state index in [9.17, 15) is 18.0 Å². The normalized spacial score (nSPS) is 23.6. The molecule has 1 aliphatic carbocycles. The average Bonchev–Trinajstić information content (AvgIpc) is 3.34. The number of anilines is 1. The zero-order valence-electron chi connectivity index (χ0n) is 15.7. The lowest BCUT2D eigenvalue weighted by Gasteiger charge is -2.12. The van der Waals surface area contributed by atoms with Crippen LogP contribution in [0.3, 0.4) is 0 Å². The molecule has 7 heteroatoms. The monoisotopic (exact) mass is 405 g/mol. The number of rotatable bonds is 6. The Kier molecular flexibility index (Phi) is 5.50. The molecular formula is C22H22F3NO3. The van der Waals surface area contributed by atoms with Crippen LogP contribution >= 0.6 is 0 Å². The van der Waals surface area contributed by atoms with Crippen LogP contribution in [0.4, 0.5) is 18.9 Å². The zero-order valence-corrected chi connectivity index (χ0v) is 15.7. The van der Waals surface area contributed by atoms with E-state index in [1.54, 1.807) is 24.3 Å². The number of carbonyl (C=O) groups excluding carboxylic acids is 1. The highest BCUT2D eigenvalue weighted by Crippen LogP contribution is 2.48.